The van der Waals surface area contributed by atoms with Crippen molar-refractivity contribution >= 4 is 5.91 Å². The summed E-state index contributed by atoms with van der Waals surface area (Å²) in [6.07, 6.45) is 3.09. The normalized spacial score (nSPS) is 14.4. The summed E-state index contributed by atoms with van der Waals surface area (Å²) >= 11 is 0. The van der Waals surface area contributed by atoms with Gasteiger partial charge in [0, 0.05) is 24.7 Å². The topological polar surface area (TPSA) is 59.6 Å². The molecule has 0 atom stereocenters. The standard InChI is InChI=1S/C15H20N2O3/c1-19-13-7-12(8-14(9-13)20-2)15(18)17-10-11-3-5-16-6-4-11/h3,7-9,16H,4-6,10H2,1-2H3,(H,17,18). The number of benzene rings is 1. The summed E-state index contributed by atoms with van der Waals surface area (Å²) in [6.45, 7) is 2.42. The Morgan fingerprint density at radius 2 is 1.95 bits per heavy atom. The molecule has 1 aromatic rings. The molecule has 20 heavy (non-hydrogen) atoms. The van der Waals surface area contributed by atoms with Crippen molar-refractivity contribution in [1.82, 2.24) is 10.6 Å². The molecule has 5 heteroatoms. The van der Waals surface area contributed by atoms with Gasteiger partial charge in [0.2, 0.25) is 0 Å². The minimum Gasteiger partial charge on any atom is -0.497 e. The summed E-state index contributed by atoms with van der Waals surface area (Å²) in [4.78, 5) is 12.2. The van der Waals surface area contributed by atoms with Gasteiger partial charge in [-0.15, -0.1) is 0 Å². The lowest BCUT2D eigenvalue weighted by Gasteiger charge is -2.15. The van der Waals surface area contributed by atoms with Gasteiger partial charge in [-0.2, -0.15) is 0 Å². The number of hydrogen-bond donors (Lipinski definition) is 2. The Kier molecular flexibility index (Phi) is 5.01. The van der Waals surface area contributed by atoms with Crippen molar-refractivity contribution in [3.05, 3.63) is 35.4 Å². The van der Waals surface area contributed by atoms with Crippen molar-refractivity contribution in [1.29, 1.82) is 0 Å². The van der Waals surface area contributed by atoms with E-state index in [9.17, 15) is 4.79 Å². The van der Waals surface area contributed by atoms with Crippen molar-refractivity contribution in [2.75, 3.05) is 33.9 Å². The molecule has 0 unspecified atom stereocenters. The van der Waals surface area contributed by atoms with Gasteiger partial charge in [-0.1, -0.05) is 11.6 Å². The minimum atomic E-state index is -0.123. The van der Waals surface area contributed by atoms with Crippen LogP contribution in [0.3, 0.4) is 0 Å². The molecule has 5 nitrogen and oxygen atoms in total. The lowest BCUT2D eigenvalue weighted by Crippen LogP contribution is -2.29. The number of ether oxygens (including phenoxy) is 2. The number of carbonyl (C=O) groups is 1. The van der Waals surface area contributed by atoms with Crippen LogP contribution in [0.4, 0.5) is 0 Å². The Morgan fingerprint density at radius 1 is 1.25 bits per heavy atom. The molecule has 0 aliphatic carbocycles. The Bertz CT molecular complexity index is 490. The fraction of sp³-hybridized carbons (Fsp3) is 0.400. The van der Waals surface area contributed by atoms with E-state index in [4.69, 9.17) is 9.47 Å². The van der Waals surface area contributed by atoms with E-state index in [1.807, 2.05) is 0 Å². The highest BCUT2D eigenvalue weighted by Crippen LogP contribution is 2.22. The molecule has 0 bridgehead atoms. The highest BCUT2D eigenvalue weighted by atomic mass is 16.5. The van der Waals surface area contributed by atoms with Crippen molar-refractivity contribution < 1.29 is 14.3 Å². The zero-order valence-electron chi connectivity index (χ0n) is 11.9. The van der Waals surface area contributed by atoms with Crippen LogP contribution >= 0.6 is 0 Å². The van der Waals surface area contributed by atoms with Gasteiger partial charge >= 0.3 is 0 Å². The van der Waals surface area contributed by atoms with E-state index < -0.39 is 0 Å². The van der Waals surface area contributed by atoms with Crippen LogP contribution < -0.4 is 20.1 Å². The van der Waals surface area contributed by atoms with Crippen LogP contribution in [0.15, 0.2) is 29.8 Å². The number of rotatable bonds is 5. The Hall–Kier alpha value is -2.01. The maximum absolute atomic E-state index is 12.2. The predicted octanol–water partition coefficient (Wildman–Crippen LogP) is 1.35. The monoisotopic (exact) mass is 276 g/mol. The van der Waals surface area contributed by atoms with Gasteiger partial charge < -0.3 is 20.1 Å². The largest absolute Gasteiger partial charge is 0.497 e. The van der Waals surface area contributed by atoms with Crippen LogP contribution in [0, 0.1) is 0 Å². The molecule has 1 aliphatic rings. The molecular formula is C15H20N2O3. The van der Waals surface area contributed by atoms with E-state index in [1.54, 1.807) is 32.4 Å². The average Bonchev–Trinajstić information content (AvgIpc) is 2.52. The Balaban J connectivity index is 2.02. The van der Waals surface area contributed by atoms with Crippen LogP contribution in [-0.4, -0.2) is 39.8 Å². The number of methoxy groups -OCH3 is 2. The maximum atomic E-state index is 12.2. The summed E-state index contributed by atoms with van der Waals surface area (Å²) in [7, 11) is 3.13. The third-order valence-electron chi connectivity index (χ3n) is 3.25. The maximum Gasteiger partial charge on any atom is 0.251 e. The molecule has 1 heterocycles. The zero-order chi connectivity index (χ0) is 14.4. The third kappa shape index (κ3) is 3.74. The van der Waals surface area contributed by atoms with Crippen molar-refractivity contribution in [3.63, 3.8) is 0 Å². The van der Waals surface area contributed by atoms with E-state index in [0.717, 1.165) is 19.5 Å². The predicted molar refractivity (Wildman–Crippen MR) is 77.4 cm³/mol. The van der Waals surface area contributed by atoms with Gasteiger partial charge in [0.1, 0.15) is 11.5 Å². The molecule has 0 aromatic heterocycles. The first-order valence-electron chi connectivity index (χ1n) is 6.63. The summed E-state index contributed by atoms with van der Waals surface area (Å²) in [5.74, 6) is 1.09. The van der Waals surface area contributed by atoms with Crippen molar-refractivity contribution in [3.8, 4) is 11.5 Å². The van der Waals surface area contributed by atoms with Gasteiger partial charge in [0.25, 0.3) is 5.91 Å². The molecule has 0 saturated carbocycles. The molecular weight excluding hydrogens is 256 g/mol. The number of carbonyl (C=O) groups excluding carboxylic acids is 1. The second kappa shape index (κ2) is 6.96. The fourth-order valence-electron chi connectivity index (χ4n) is 2.06. The number of nitrogens with one attached hydrogen (secondary N) is 2. The molecule has 108 valence electrons. The molecule has 1 aliphatic heterocycles. The quantitative estimate of drug-likeness (QED) is 0.797. The first kappa shape index (κ1) is 14.4. The summed E-state index contributed by atoms with van der Waals surface area (Å²) in [6, 6.07) is 5.15. The second-order valence-corrected chi connectivity index (χ2v) is 4.60. The molecule has 2 N–H and O–H groups in total. The van der Waals surface area contributed by atoms with Gasteiger partial charge in [-0.05, 0) is 25.1 Å². The van der Waals surface area contributed by atoms with E-state index in [-0.39, 0.29) is 5.91 Å². The van der Waals surface area contributed by atoms with Crippen LogP contribution in [0.25, 0.3) is 0 Å². The minimum absolute atomic E-state index is 0.123. The zero-order valence-corrected chi connectivity index (χ0v) is 11.9. The highest BCUT2D eigenvalue weighted by molar-refractivity contribution is 5.95. The fourth-order valence-corrected chi connectivity index (χ4v) is 2.06. The van der Waals surface area contributed by atoms with E-state index in [2.05, 4.69) is 16.7 Å². The molecule has 1 aromatic carbocycles. The molecule has 0 fully saturated rings. The number of amides is 1. The molecule has 1 amide bonds. The third-order valence-corrected chi connectivity index (χ3v) is 3.25. The van der Waals surface area contributed by atoms with E-state index in [1.165, 1.54) is 5.57 Å². The first-order chi connectivity index (χ1) is 9.72. The Morgan fingerprint density at radius 3 is 2.50 bits per heavy atom. The van der Waals surface area contributed by atoms with Crippen molar-refractivity contribution in [2.24, 2.45) is 0 Å². The smallest absolute Gasteiger partial charge is 0.251 e. The first-order valence-corrected chi connectivity index (χ1v) is 6.63. The van der Waals surface area contributed by atoms with Gasteiger partial charge in [-0.25, -0.2) is 0 Å². The van der Waals surface area contributed by atoms with Gasteiger partial charge in [0.15, 0.2) is 0 Å². The van der Waals surface area contributed by atoms with Crippen LogP contribution in [0.1, 0.15) is 16.8 Å². The Labute approximate surface area is 119 Å². The summed E-state index contributed by atoms with van der Waals surface area (Å²) < 4.78 is 10.3. The van der Waals surface area contributed by atoms with Crippen LogP contribution in [-0.2, 0) is 0 Å². The second-order valence-electron chi connectivity index (χ2n) is 4.60. The lowest BCUT2D eigenvalue weighted by atomic mass is 10.1. The summed E-state index contributed by atoms with van der Waals surface area (Å²) in [5.41, 5.74) is 1.79. The lowest BCUT2D eigenvalue weighted by molar-refractivity contribution is 0.0956. The van der Waals surface area contributed by atoms with Crippen LogP contribution in [0.2, 0.25) is 0 Å². The molecule has 2 rings (SSSR count). The number of hydrogen-bond acceptors (Lipinski definition) is 4. The average molecular weight is 276 g/mol. The van der Waals surface area contributed by atoms with Gasteiger partial charge in [-0.3, -0.25) is 4.79 Å². The van der Waals surface area contributed by atoms with E-state index >= 15 is 0 Å². The van der Waals surface area contributed by atoms with Gasteiger partial charge in [0.05, 0.1) is 14.2 Å². The SMILES string of the molecule is COc1cc(OC)cc(C(=O)NCC2=CCNCC2)c1. The van der Waals surface area contributed by atoms with E-state index in [0.29, 0.717) is 23.6 Å². The molecule has 0 saturated heterocycles. The van der Waals surface area contributed by atoms with Crippen molar-refractivity contribution in [2.45, 2.75) is 6.42 Å². The summed E-state index contributed by atoms with van der Waals surface area (Å²) in [5, 5.41) is 6.17. The highest BCUT2D eigenvalue weighted by Gasteiger charge is 2.11. The molecule has 0 radical (unpaired) electrons. The van der Waals surface area contributed by atoms with Crippen LogP contribution in [0.5, 0.6) is 11.5 Å². The molecule has 0 spiro atoms.